The molecule has 0 radical (unpaired) electrons. The first kappa shape index (κ1) is 15.7. The van der Waals surface area contributed by atoms with Crippen LogP contribution in [0.5, 0.6) is 0 Å². The van der Waals surface area contributed by atoms with Crippen molar-refractivity contribution in [1.29, 1.82) is 0 Å². The molecule has 0 heterocycles. The number of allylic oxidation sites excluding steroid dienone is 2. The van der Waals surface area contributed by atoms with Crippen molar-refractivity contribution < 1.29 is 4.21 Å². The summed E-state index contributed by atoms with van der Waals surface area (Å²) in [5.74, 6) is 0.160. The third-order valence-electron chi connectivity index (χ3n) is 3.58. The largest absolute Gasteiger partial charge is 0.249 e. The Hall–Kier alpha value is -1.67. The van der Waals surface area contributed by atoms with Gasteiger partial charge in [-0.2, -0.15) is 0 Å². The standard InChI is InChI=1S/C19H22OS/c1-4-8-19(16(3)17-9-6-5-7-10-17)21(20)18-13-11-15(2)12-14-18/h5-14,16H,4H2,1-3H3/b19-8+/t16-,21?/m0/s1. The SMILES string of the molecule is CC/C=C(\[C@@H](C)c1ccccc1)S(=O)c1ccc(C)cc1. The molecule has 1 unspecified atom stereocenters. The van der Waals surface area contributed by atoms with E-state index in [1.807, 2.05) is 49.4 Å². The Morgan fingerprint density at radius 3 is 2.29 bits per heavy atom. The molecule has 0 aromatic heterocycles. The number of benzene rings is 2. The second-order valence-corrected chi connectivity index (χ2v) is 6.71. The summed E-state index contributed by atoms with van der Waals surface area (Å²) in [7, 11) is -1.10. The fraction of sp³-hybridized carbons (Fsp3) is 0.263. The highest BCUT2D eigenvalue weighted by Gasteiger charge is 2.18. The summed E-state index contributed by atoms with van der Waals surface area (Å²) >= 11 is 0. The first-order valence-electron chi connectivity index (χ1n) is 7.37. The van der Waals surface area contributed by atoms with Crippen molar-refractivity contribution in [1.82, 2.24) is 0 Å². The molecule has 0 fully saturated rings. The molecule has 0 N–H and O–H groups in total. The highest BCUT2D eigenvalue weighted by atomic mass is 32.2. The molecule has 2 aromatic rings. The minimum absolute atomic E-state index is 0.160. The molecule has 2 atom stereocenters. The average Bonchev–Trinajstić information content (AvgIpc) is 2.53. The van der Waals surface area contributed by atoms with E-state index >= 15 is 0 Å². The second-order valence-electron chi connectivity index (χ2n) is 5.23. The highest BCUT2D eigenvalue weighted by Crippen LogP contribution is 2.30. The van der Waals surface area contributed by atoms with Gasteiger partial charge in [0.1, 0.15) is 0 Å². The molecule has 0 aliphatic carbocycles. The maximum Gasteiger partial charge on any atom is 0.0811 e. The van der Waals surface area contributed by atoms with E-state index in [1.165, 1.54) is 11.1 Å². The Labute approximate surface area is 130 Å². The van der Waals surface area contributed by atoms with E-state index < -0.39 is 10.8 Å². The summed E-state index contributed by atoms with van der Waals surface area (Å²) in [4.78, 5) is 1.87. The van der Waals surface area contributed by atoms with E-state index in [-0.39, 0.29) is 5.92 Å². The number of hydrogen-bond donors (Lipinski definition) is 0. The van der Waals surface area contributed by atoms with Crippen LogP contribution in [0.3, 0.4) is 0 Å². The first-order valence-corrected chi connectivity index (χ1v) is 8.52. The van der Waals surface area contributed by atoms with Gasteiger partial charge in [0.2, 0.25) is 0 Å². The molecular formula is C19H22OS. The van der Waals surface area contributed by atoms with Crippen molar-refractivity contribution in [2.24, 2.45) is 0 Å². The first-order chi connectivity index (χ1) is 10.1. The minimum Gasteiger partial charge on any atom is -0.249 e. The zero-order valence-corrected chi connectivity index (χ0v) is 13.7. The van der Waals surface area contributed by atoms with Crippen molar-refractivity contribution >= 4 is 10.8 Å². The number of hydrogen-bond acceptors (Lipinski definition) is 1. The Kier molecular flexibility index (Phi) is 5.51. The van der Waals surface area contributed by atoms with Crippen LogP contribution in [0.4, 0.5) is 0 Å². The van der Waals surface area contributed by atoms with E-state index in [9.17, 15) is 4.21 Å². The van der Waals surface area contributed by atoms with Gasteiger partial charge in [0, 0.05) is 15.7 Å². The Balaban J connectivity index is 2.33. The number of rotatable bonds is 5. The summed E-state index contributed by atoms with van der Waals surface area (Å²) in [6, 6.07) is 18.2. The fourth-order valence-corrected chi connectivity index (χ4v) is 3.75. The molecule has 2 aromatic carbocycles. The van der Waals surface area contributed by atoms with Crippen LogP contribution in [-0.4, -0.2) is 4.21 Å². The smallest absolute Gasteiger partial charge is 0.0811 e. The van der Waals surface area contributed by atoms with Crippen LogP contribution < -0.4 is 0 Å². The van der Waals surface area contributed by atoms with Crippen molar-refractivity contribution in [2.75, 3.05) is 0 Å². The topological polar surface area (TPSA) is 17.1 Å². The van der Waals surface area contributed by atoms with Crippen LogP contribution in [0.15, 0.2) is 70.5 Å². The lowest BCUT2D eigenvalue weighted by Crippen LogP contribution is -2.05. The summed E-state index contributed by atoms with van der Waals surface area (Å²) < 4.78 is 12.9. The summed E-state index contributed by atoms with van der Waals surface area (Å²) in [5.41, 5.74) is 2.39. The monoisotopic (exact) mass is 298 g/mol. The third kappa shape index (κ3) is 3.92. The molecule has 110 valence electrons. The molecule has 0 spiro atoms. The van der Waals surface area contributed by atoms with Gasteiger partial charge >= 0.3 is 0 Å². The zero-order chi connectivity index (χ0) is 15.2. The third-order valence-corrected chi connectivity index (χ3v) is 5.23. The zero-order valence-electron chi connectivity index (χ0n) is 12.9. The molecule has 0 bridgehead atoms. The second kappa shape index (κ2) is 7.37. The molecule has 0 saturated heterocycles. The Morgan fingerprint density at radius 1 is 1.10 bits per heavy atom. The van der Waals surface area contributed by atoms with Gasteiger partial charge in [-0.05, 0) is 31.0 Å². The van der Waals surface area contributed by atoms with Gasteiger partial charge in [0.15, 0.2) is 0 Å². The lowest BCUT2D eigenvalue weighted by molar-refractivity contribution is 0.683. The van der Waals surface area contributed by atoms with Crippen molar-refractivity contribution in [3.8, 4) is 0 Å². The Bertz CT molecular complexity index is 626. The van der Waals surface area contributed by atoms with E-state index in [0.717, 1.165) is 16.2 Å². The molecular weight excluding hydrogens is 276 g/mol. The summed E-state index contributed by atoms with van der Waals surface area (Å²) in [6.45, 7) is 6.26. The van der Waals surface area contributed by atoms with Crippen LogP contribution in [0, 0.1) is 6.92 Å². The van der Waals surface area contributed by atoms with E-state index in [4.69, 9.17) is 0 Å². The van der Waals surface area contributed by atoms with E-state index in [2.05, 4.69) is 32.1 Å². The normalized spacial score (nSPS) is 14.7. The molecule has 0 saturated carbocycles. The minimum atomic E-state index is -1.10. The van der Waals surface area contributed by atoms with Gasteiger partial charge < -0.3 is 0 Å². The lowest BCUT2D eigenvalue weighted by atomic mass is 10.0. The van der Waals surface area contributed by atoms with Crippen molar-refractivity contribution in [3.05, 3.63) is 76.7 Å². The van der Waals surface area contributed by atoms with E-state index in [1.54, 1.807) is 0 Å². The summed E-state index contributed by atoms with van der Waals surface area (Å²) in [5, 5.41) is 0. The van der Waals surface area contributed by atoms with Crippen LogP contribution in [0.1, 0.15) is 37.3 Å². The van der Waals surface area contributed by atoms with Crippen LogP contribution in [-0.2, 0) is 10.8 Å². The maximum absolute atomic E-state index is 12.9. The van der Waals surface area contributed by atoms with Crippen molar-refractivity contribution in [2.45, 2.75) is 38.0 Å². The Morgan fingerprint density at radius 2 is 1.71 bits per heavy atom. The molecule has 21 heavy (non-hydrogen) atoms. The highest BCUT2D eigenvalue weighted by molar-refractivity contribution is 7.89. The molecule has 0 aliphatic rings. The van der Waals surface area contributed by atoms with Gasteiger partial charge in [-0.15, -0.1) is 0 Å². The average molecular weight is 298 g/mol. The van der Waals surface area contributed by atoms with Crippen LogP contribution in [0.2, 0.25) is 0 Å². The van der Waals surface area contributed by atoms with Gasteiger partial charge in [-0.1, -0.05) is 68.0 Å². The fourth-order valence-electron chi connectivity index (χ4n) is 2.32. The van der Waals surface area contributed by atoms with E-state index in [0.29, 0.717) is 0 Å². The predicted octanol–water partition coefficient (Wildman–Crippen LogP) is 5.20. The van der Waals surface area contributed by atoms with Crippen LogP contribution >= 0.6 is 0 Å². The molecule has 1 nitrogen and oxygen atoms in total. The predicted molar refractivity (Wildman–Crippen MR) is 90.8 cm³/mol. The van der Waals surface area contributed by atoms with Crippen molar-refractivity contribution in [3.63, 3.8) is 0 Å². The molecule has 2 rings (SSSR count). The van der Waals surface area contributed by atoms with Crippen LogP contribution in [0.25, 0.3) is 0 Å². The molecule has 2 heteroatoms. The van der Waals surface area contributed by atoms with Gasteiger partial charge in [0.05, 0.1) is 10.8 Å². The lowest BCUT2D eigenvalue weighted by Gasteiger charge is -2.16. The number of aryl methyl sites for hydroxylation is 1. The maximum atomic E-state index is 12.9. The van der Waals surface area contributed by atoms with Gasteiger partial charge in [-0.3, -0.25) is 0 Å². The molecule has 0 amide bonds. The molecule has 0 aliphatic heterocycles. The quantitative estimate of drug-likeness (QED) is 0.741. The van der Waals surface area contributed by atoms with Gasteiger partial charge in [-0.25, -0.2) is 4.21 Å². The summed E-state index contributed by atoms with van der Waals surface area (Å²) in [6.07, 6.45) is 3.00. The van der Waals surface area contributed by atoms with Gasteiger partial charge in [0.25, 0.3) is 0 Å².